The number of rotatable bonds is 4. The van der Waals surface area contributed by atoms with Crippen molar-refractivity contribution >= 4 is 11.7 Å². The SMILES string of the molecule is C=C/C=C(\C=C)n1ccc(C(=O)OC)cc1=O. The zero-order chi connectivity index (χ0) is 12.8. The molecule has 0 radical (unpaired) electrons. The van der Waals surface area contributed by atoms with Crippen LogP contribution in [0.2, 0.25) is 0 Å². The number of aromatic nitrogens is 1. The molecule has 0 N–H and O–H groups in total. The molecule has 1 rings (SSSR count). The molecular weight excluding hydrogens is 218 g/mol. The molecule has 0 bridgehead atoms. The van der Waals surface area contributed by atoms with Crippen molar-refractivity contribution in [1.29, 1.82) is 0 Å². The monoisotopic (exact) mass is 231 g/mol. The van der Waals surface area contributed by atoms with E-state index >= 15 is 0 Å². The molecule has 0 aliphatic carbocycles. The van der Waals surface area contributed by atoms with E-state index in [-0.39, 0.29) is 11.1 Å². The van der Waals surface area contributed by atoms with Gasteiger partial charge in [-0.1, -0.05) is 19.2 Å². The van der Waals surface area contributed by atoms with Crippen molar-refractivity contribution in [3.05, 3.63) is 65.6 Å². The first-order valence-corrected chi connectivity index (χ1v) is 4.90. The Labute approximate surface area is 99.1 Å². The summed E-state index contributed by atoms with van der Waals surface area (Å²) in [5, 5.41) is 0. The fourth-order valence-electron chi connectivity index (χ4n) is 1.30. The van der Waals surface area contributed by atoms with Gasteiger partial charge in [0.2, 0.25) is 0 Å². The third kappa shape index (κ3) is 2.81. The summed E-state index contributed by atoms with van der Waals surface area (Å²) < 4.78 is 5.89. The van der Waals surface area contributed by atoms with Crippen LogP contribution in [-0.2, 0) is 4.74 Å². The number of methoxy groups -OCH3 is 1. The molecule has 4 heteroatoms. The van der Waals surface area contributed by atoms with Crippen LogP contribution in [0.4, 0.5) is 0 Å². The standard InChI is InChI=1S/C13H13NO3/c1-4-6-11(5-2)14-8-7-10(9-12(14)15)13(16)17-3/h4-9H,1-2H2,3H3/b11-6+. The topological polar surface area (TPSA) is 48.3 Å². The van der Waals surface area contributed by atoms with E-state index in [2.05, 4.69) is 17.9 Å². The molecule has 0 saturated heterocycles. The first-order chi connectivity index (χ1) is 8.13. The van der Waals surface area contributed by atoms with E-state index in [1.165, 1.54) is 36.1 Å². The maximum atomic E-state index is 11.8. The normalized spacial score (nSPS) is 10.8. The van der Waals surface area contributed by atoms with Crippen LogP contribution in [0.25, 0.3) is 5.70 Å². The minimum Gasteiger partial charge on any atom is -0.465 e. The van der Waals surface area contributed by atoms with Crippen molar-refractivity contribution in [3.63, 3.8) is 0 Å². The number of carbonyl (C=O) groups excluding carboxylic acids is 1. The van der Waals surface area contributed by atoms with Gasteiger partial charge in [-0.15, -0.1) is 0 Å². The van der Waals surface area contributed by atoms with E-state index in [4.69, 9.17) is 0 Å². The molecule has 4 nitrogen and oxygen atoms in total. The maximum Gasteiger partial charge on any atom is 0.338 e. The Morgan fingerprint density at radius 3 is 2.65 bits per heavy atom. The van der Waals surface area contributed by atoms with E-state index in [1.54, 1.807) is 12.2 Å². The van der Waals surface area contributed by atoms with Crippen LogP contribution in [0.15, 0.2) is 54.5 Å². The summed E-state index contributed by atoms with van der Waals surface area (Å²) in [5.74, 6) is -0.540. The minimum absolute atomic E-state index is 0.218. The van der Waals surface area contributed by atoms with Crippen LogP contribution in [0.3, 0.4) is 0 Å². The summed E-state index contributed by atoms with van der Waals surface area (Å²) in [7, 11) is 1.26. The van der Waals surface area contributed by atoms with Crippen molar-refractivity contribution in [2.24, 2.45) is 0 Å². The average Bonchev–Trinajstić information content (AvgIpc) is 2.35. The summed E-state index contributed by atoms with van der Waals surface area (Å²) >= 11 is 0. The molecule has 0 aliphatic rings. The Hall–Kier alpha value is -2.36. The molecule has 88 valence electrons. The number of nitrogens with zero attached hydrogens (tertiary/aromatic N) is 1. The van der Waals surface area contributed by atoms with Crippen molar-refractivity contribution < 1.29 is 9.53 Å². The van der Waals surface area contributed by atoms with Crippen molar-refractivity contribution in [3.8, 4) is 0 Å². The molecule has 0 unspecified atom stereocenters. The smallest absolute Gasteiger partial charge is 0.338 e. The summed E-state index contributed by atoms with van der Waals surface area (Å²) in [6.45, 7) is 7.15. The molecule has 1 aromatic rings. The predicted octanol–water partition coefficient (Wildman–Crippen LogP) is 1.85. The van der Waals surface area contributed by atoms with Crippen molar-refractivity contribution in [2.75, 3.05) is 7.11 Å². The average molecular weight is 231 g/mol. The van der Waals surface area contributed by atoms with Crippen molar-refractivity contribution in [2.45, 2.75) is 0 Å². The van der Waals surface area contributed by atoms with Crippen LogP contribution in [0.5, 0.6) is 0 Å². The van der Waals surface area contributed by atoms with Crippen LogP contribution in [0.1, 0.15) is 10.4 Å². The second kappa shape index (κ2) is 5.65. The lowest BCUT2D eigenvalue weighted by Gasteiger charge is -2.06. The molecule has 0 aliphatic heterocycles. The highest BCUT2D eigenvalue weighted by Crippen LogP contribution is 2.04. The first kappa shape index (κ1) is 12.7. The van der Waals surface area contributed by atoms with Gasteiger partial charge in [0.15, 0.2) is 0 Å². The molecule has 0 saturated carbocycles. The highest BCUT2D eigenvalue weighted by Gasteiger charge is 2.07. The number of carbonyl (C=O) groups is 1. The Bertz CT molecular complexity index is 538. The largest absolute Gasteiger partial charge is 0.465 e. The fourth-order valence-corrected chi connectivity index (χ4v) is 1.30. The summed E-state index contributed by atoms with van der Waals surface area (Å²) in [5.41, 5.74) is 0.470. The second-order valence-electron chi connectivity index (χ2n) is 3.15. The zero-order valence-corrected chi connectivity index (χ0v) is 9.55. The number of hydrogen-bond acceptors (Lipinski definition) is 3. The molecule has 17 heavy (non-hydrogen) atoms. The molecular formula is C13H13NO3. The Balaban J connectivity index is 3.27. The van der Waals surface area contributed by atoms with Gasteiger partial charge in [0.1, 0.15) is 0 Å². The van der Waals surface area contributed by atoms with Crippen LogP contribution >= 0.6 is 0 Å². The van der Waals surface area contributed by atoms with E-state index in [9.17, 15) is 9.59 Å². The first-order valence-electron chi connectivity index (χ1n) is 4.90. The minimum atomic E-state index is -0.540. The lowest BCUT2D eigenvalue weighted by molar-refractivity contribution is 0.0600. The van der Waals surface area contributed by atoms with E-state index < -0.39 is 5.97 Å². The number of hydrogen-bond donors (Lipinski definition) is 0. The van der Waals surface area contributed by atoms with Gasteiger partial charge in [-0.25, -0.2) is 4.79 Å². The van der Waals surface area contributed by atoms with Crippen molar-refractivity contribution in [1.82, 2.24) is 4.57 Å². The van der Waals surface area contributed by atoms with Gasteiger partial charge in [-0.3, -0.25) is 9.36 Å². The van der Waals surface area contributed by atoms with Crippen LogP contribution < -0.4 is 5.56 Å². The van der Waals surface area contributed by atoms with Gasteiger partial charge in [0.25, 0.3) is 5.56 Å². The molecule has 0 fully saturated rings. The molecule has 0 amide bonds. The number of pyridine rings is 1. The molecule has 0 spiro atoms. The Morgan fingerprint density at radius 1 is 1.47 bits per heavy atom. The third-order valence-electron chi connectivity index (χ3n) is 2.12. The van der Waals surface area contributed by atoms with Gasteiger partial charge in [-0.2, -0.15) is 0 Å². The predicted molar refractivity (Wildman–Crippen MR) is 66.7 cm³/mol. The summed E-state index contributed by atoms with van der Waals surface area (Å²) in [6.07, 6.45) is 6.22. The fraction of sp³-hybridized carbons (Fsp3) is 0.0769. The van der Waals surface area contributed by atoms with Gasteiger partial charge in [0.05, 0.1) is 12.7 Å². The zero-order valence-electron chi connectivity index (χ0n) is 9.55. The summed E-state index contributed by atoms with van der Waals surface area (Å²) in [6, 6.07) is 2.72. The highest BCUT2D eigenvalue weighted by atomic mass is 16.5. The van der Waals surface area contributed by atoms with Crippen LogP contribution in [0, 0.1) is 0 Å². The van der Waals surface area contributed by atoms with Gasteiger partial charge in [0, 0.05) is 18.0 Å². The lowest BCUT2D eigenvalue weighted by Crippen LogP contribution is -2.19. The van der Waals surface area contributed by atoms with E-state index in [1.807, 2.05) is 0 Å². The van der Waals surface area contributed by atoms with Gasteiger partial charge < -0.3 is 4.74 Å². The number of allylic oxidation sites excluding steroid dienone is 4. The molecule has 1 heterocycles. The van der Waals surface area contributed by atoms with E-state index in [0.29, 0.717) is 5.70 Å². The van der Waals surface area contributed by atoms with Crippen LogP contribution in [-0.4, -0.2) is 17.6 Å². The van der Waals surface area contributed by atoms with E-state index in [0.717, 1.165) is 0 Å². The molecule has 0 aromatic carbocycles. The summed E-state index contributed by atoms with van der Waals surface area (Å²) in [4.78, 5) is 23.0. The quantitative estimate of drug-likeness (QED) is 0.587. The van der Waals surface area contributed by atoms with Gasteiger partial charge in [-0.05, 0) is 18.2 Å². The lowest BCUT2D eigenvalue weighted by atomic mass is 10.2. The molecule has 0 atom stereocenters. The third-order valence-corrected chi connectivity index (χ3v) is 2.12. The Morgan fingerprint density at radius 2 is 2.18 bits per heavy atom. The number of esters is 1. The highest BCUT2D eigenvalue weighted by molar-refractivity contribution is 5.89. The van der Waals surface area contributed by atoms with Gasteiger partial charge >= 0.3 is 5.97 Å². The molecule has 1 aromatic heterocycles. The second-order valence-corrected chi connectivity index (χ2v) is 3.15. The number of ether oxygens (including phenoxy) is 1. The maximum absolute atomic E-state index is 11.8. The Kier molecular flexibility index (Phi) is 4.22.